The topological polar surface area (TPSA) is 64.3 Å². The van der Waals surface area contributed by atoms with Crippen LogP contribution in [0.3, 0.4) is 0 Å². The molecule has 0 aromatic heterocycles. The lowest BCUT2D eigenvalue weighted by Crippen LogP contribution is -2.30. The lowest BCUT2D eigenvalue weighted by Gasteiger charge is -2.09. The Bertz CT molecular complexity index is 156. The molecule has 0 aliphatic heterocycles. The lowest BCUT2D eigenvalue weighted by atomic mass is 10.3. The Morgan fingerprint density at radius 2 is 2.15 bits per heavy atom. The van der Waals surface area contributed by atoms with Gasteiger partial charge >= 0.3 is 0 Å². The van der Waals surface area contributed by atoms with Crippen LogP contribution in [0.4, 0.5) is 0 Å². The number of hydrazine groups is 1. The van der Waals surface area contributed by atoms with Crippen LogP contribution in [0.2, 0.25) is 0 Å². The number of hydrogen-bond acceptors (Lipinski definition) is 3. The van der Waals surface area contributed by atoms with Gasteiger partial charge < -0.3 is 4.74 Å². The molecule has 0 saturated heterocycles. The predicted molar refractivity (Wildman–Crippen MR) is 49.8 cm³/mol. The van der Waals surface area contributed by atoms with Gasteiger partial charge in [-0.2, -0.15) is 0 Å². The third-order valence-electron chi connectivity index (χ3n) is 2.36. The lowest BCUT2D eigenvalue weighted by molar-refractivity contribution is -0.121. The fraction of sp³-hybridized carbons (Fsp3) is 0.889. The van der Waals surface area contributed by atoms with Crippen LogP contribution >= 0.6 is 0 Å². The zero-order chi connectivity index (χ0) is 9.52. The van der Waals surface area contributed by atoms with Gasteiger partial charge in [0.15, 0.2) is 0 Å². The minimum absolute atomic E-state index is 0.116. The molecule has 76 valence electrons. The first-order chi connectivity index (χ1) is 6.33. The molecule has 4 nitrogen and oxygen atoms in total. The summed E-state index contributed by atoms with van der Waals surface area (Å²) in [5, 5.41) is 0. The second-order valence-corrected chi connectivity index (χ2v) is 3.45. The molecule has 0 heterocycles. The van der Waals surface area contributed by atoms with Crippen LogP contribution in [-0.4, -0.2) is 18.6 Å². The highest BCUT2D eigenvalue weighted by Crippen LogP contribution is 2.20. The van der Waals surface area contributed by atoms with Crippen LogP contribution in [0.1, 0.15) is 38.5 Å². The molecule has 0 atom stereocenters. The number of ether oxygens (including phenoxy) is 1. The largest absolute Gasteiger partial charge is 0.378 e. The third kappa shape index (κ3) is 4.24. The van der Waals surface area contributed by atoms with Crippen molar-refractivity contribution in [1.82, 2.24) is 5.43 Å². The molecule has 0 spiro atoms. The third-order valence-corrected chi connectivity index (χ3v) is 2.36. The van der Waals surface area contributed by atoms with Gasteiger partial charge in [-0.3, -0.25) is 10.2 Å². The molecule has 0 aromatic carbocycles. The van der Waals surface area contributed by atoms with E-state index in [0.717, 1.165) is 6.42 Å². The summed E-state index contributed by atoms with van der Waals surface area (Å²) in [5.74, 6) is 4.82. The van der Waals surface area contributed by atoms with Crippen molar-refractivity contribution in [1.29, 1.82) is 0 Å². The molecule has 1 saturated carbocycles. The quantitative estimate of drug-likeness (QED) is 0.288. The molecule has 13 heavy (non-hydrogen) atoms. The van der Waals surface area contributed by atoms with E-state index >= 15 is 0 Å². The zero-order valence-corrected chi connectivity index (χ0v) is 7.92. The first-order valence-electron chi connectivity index (χ1n) is 4.94. The van der Waals surface area contributed by atoms with E-state index in [1.165, 1.54) is 25.7 Å². The minimum atomic E-state index is -0.116. The molecule has 0 aromatic rings. The summed E-state index contributed by atoms with van der Waals surface area (Å²) in [5.41, 5.74) is 2.10. The molecule has 4 heteroatoms. The van der Waals surface area contributed by atoms with Crippen LogP contribution < -0.4 is 11.3 Å². The van der Waals surface area contributed by atoms with Gasteiger partial charge in [-0.15, -0.1) is 0 Å². The SMILES string of the molecule is NNC(=O)CCCOC1CCCC1. The smallest absolute Gasteiger partial charge is 0.233 e. The Hall–Kier alpha value is -0.610. The van der Waals surface area contributed by atoms with E-state index < -0.39 is 0 Å². The Kier molecular flexibility index (Phi) is 4.78. The van der Waals surface area contributed by atoms with Gasteiger partial charge in [0.25, 0.3) is 0 Å². The maximum absolute atomic E-state index is 10.7. The van der Waals surface area contributed by atoms with Crippen molar-refractivity contribution in [2.24, 2.45) is 5.84 Å². The van der Waals surface area contributed by atoms with E-state index in [1.54, 1.807) is 0 Å². The molecule has 0 radical (unpaired) electrons. The highest BCUT2D eigenvalue weighted by molar-refractivity contribution is 5.75. The summed E-state index contributed by atoms with van der Waals surface area (Å²) in [6.07, 6.45) is 6.61. The Morgan fingerprint density at radius 3 is 2.77 bits per heavy atom. The van der Waals surface area contributed by atoms with Gasteiger partial charge in [-0.25, -0.2) is 5.84 Å². The fourth-order valence-electron chi connectivity index (χ4n) is 1.61. The van der Waals surface area contributed by atoms with Gasteiger partial charge in [-0.05, 0) is 19.3 Å². The maximum atomic E-state index is 10.7. The molecule has 0 unspecified atom stereocenters. The van der Waals surface area contributed by atoms with E-state index in [9.17, 15) is 4.79 Å². The summed E-state index contributed by atoms with van der Waals surface area (Å²) < 4.78 is 5.58. The number of rotatable bonds is 5. The number of carbonyl (C=O) groups is 1. The van der Waals surface area contributed by atoms with Gasteiger partial charge in [0, 0.05) is 13.0 Å². The van der Waals surface area contributed by atoms with Gasteiger partial charge in [0.05, 0.1) is 6.10 Å². The molecule has 1 aliphatic carbocycles. The molecular weight excluding hydrogens is 168 g/mol. The monoisotopic (exact) mass is 186 g/mol. The van der Waals surface area contributed by atoms with E-state index in [0.29, 0.717) is 19.1 Å². The molecule has 1 aliphatic rings. The molecule has 3 N–H and O–H groups in total. The number of carbonyl (C=O) groups excluding carboxylic acids is 1. The molecule has 0 bridgehead atoms. The molecule has 1 amide bonds. The summed E-state index contributed by atoms with van der Waals surface area (Å²) in [6, 6.07) is 0. The highest BCUT2D eigenvalue weighted by atomic mass is 16.5. The van der Waals surface area contributed by atoms with Crippen molar-refractivity contribution >= 4 is 5.91 Å². The van der Waals surface area contributed by atoms with Gasteiger partial charge in [0.1, 0.15) is 0 Å². The van der Waals surface area contributed by atoms with Crippen molar-refractivity contribution in [2.75, 3.05) is 6.61 Å². The normalized spacial score (nSPS) is 17.6. The van der Waals surface area contributed by atoms with Gasteiger partial charge in [0.2, 0.25) is 5.91 Å². The van der Waals surface area contributed by atoms with Crippen LogP contribution in [0.25, 0.3) is 0 Å². The second kappa shape index (κ2) is 5.94. The van der Waals surface area contributed by atoms with Crippen molar-refractivity contribution in [3.63, 3.8) is 0 Å². The van der Waals surface area contributed by atoms with Crippen LogP contribution in [0.15, 0.2) is 0 Å². The van der Waals surface area contributed by atoms with Crippen molar-refractivity contribution < 1.29 is 9.53 Å². The fourth-order valence-corrected chi connectivity index (χ4v) is 1.61. The van der Waals surface area contributed by atoms with Crippen LogP contribution in [0.5, 0.6) is 0 Å². The van der Waals surface area contributed by atoms with Gasteiger partial charge in [-0.1, -0.05) is 12.8 Å². The summed E-state index contributed by atoms with van der Waals surface area (Å²) in [6.45, 7) is 0.679. The first-order valence-corrected chi connectivity index (χ1v) is 4.94. The molecular formula is C9H18N2O2. The first kappa shape index (κ1) is 10.5. The van der Waals surface area contributed by atoms with Crippen molar-refractivity contribution in [2.45, 2.75) is 44.6 Å². The number of nitrogens with one attached hydrogen (secondary N) is 1. The van der Waals surface area contributed by atoms with E-state index in [1.807, 2.05) is 0 Å². The molecule has 1 fully saturated rings. The van der Waals surface area contributed by atoms with Crippen molar-refractivity contribution in [3.8, 4) is 0 Å². The maximum Gasteiger partial charge on any atom is 0.233 e. The standard InChI is InChI=1S/C9H18N2O2/c10-11-9(12)6-3-7-13-8-4-1-2-5-8/h8H,1-7,10H2,(H,11,12). The summed E-state index contributed by atoms with van der Waals surface area (Å²) in [7, 11) is 0. The summed E-state index contributed by atoms with van der Waals surface area (Å²) in [4.78, 5) is 10.7. The zero-order valence-electron chi connectivity index (χ0n) is 7.92. The predicted octanol–water partition coefficient (Wildman–Crippen LogP) is 0.716. The van der Waals surface area contributed by atoms with E-state index in [-0.39, 0.29) is 5.91 Å². The average Bonchev–Trinajstić information content (AvgIpc) is 2.64. The number of nitrogens with two attached hydrogens (primary N) is 1. The van der Waals surface area contributed by atoms with E-state index in [2.05, 4.69) is 5.43 Å². The minimum Gasteiger partial charge on any atom is -0.378 e. The second-order valence-electron chi connectivity index (χ2n) is 3.45. The Labute approximate surface area is 78.8 Å². The van der Waals surface area contributed by atoms with Crippen LogP contribution in [0, 0.1) is 0 Å². The number of amides is 1. The average molecular weight is 186 g/mol. The Morgan fingerprint density at radius 1 is 1.46 bits per heavy atom. The number of hydrogen-bond donors (Lipinski definition) is 2. The van der Waals surface area contributed by atoms with Crippen molar-refractivity contribution in [3.05, 3.63) is 0 Å². The highest BCUT2D eigenvalue weighted by Gasteiger charge is 2.14. The molecule has 1 rings (SSSR count). The summed E-state index contributed by atoms with van der Waals surface area (Å²) >= 11 is 0. The van der Waals surface area contributed by atoms with E-state index in [4.69, 9.17) is 10.6 Å². The van der Waals surface area contributed by atoms with Crippen LogP contribution in [-0.2, 0) is 9.53 Å². The Balaban J connectivity index is 1.91.